The van der Waals surface area contributed by atoms with E-state index in [4.69, 9.17) is 5.73 Å². The summed E-state index contributed by atoms with van der Waals surface area (Å²) in [5.41, 5.74) is 1.27. The molecular weight excluding hydrogens is 575 g/mol. The van der Waals surface area contributed by atoms with Crippen molar-refractivity contribution in [3.8, 4) is 5.75 Å². The smallest absolute Gasteiger partial charge is 0.391 e. The number of amides is 1. The van der Waals surface area contributed by atoms with E-state index in [2.05, 4.69) is 0 Å². The number of Topliss-reactive ketones (excluding diaryl/α,β-unsaturated/α-hetero) is 2. The second-order valence-electron chi connectivity index (χ2n) is 12.2. The minimum Gasteiger partial charge on any atom is -0.508 e. The number of hydrogen-bond donors (Lipinski definition) is 6. The SMILES string of the molecule is C[C@H]1c2ccc(CN3CCC(C(F)(F)F)CC3)c(O)c2C(O)=C2C(=O)[C@]3(O)C(O)=C(C(N)=O)C(=O)[C@@H](N(C)C)C3[C@@H](O)C21. The van der Waals surface area contributed by atoms with Crippen LogP contribution in [0.5, 0.6) is 5.75 Å². The van der Waals surface area contributed by atoms with Gasteiger partial charge >= 0.3 is 6.18 Å². The number of aromatic hydroxyl groups is 1. The molecule has 5 rings (SSSR count). The van der Waals surface area contributed by atoms with Crippen molar-refractivity contribution >= 4 is 23.2 Å². The number of carbonyl (C=O) groups excluding carboxylic acids is 3. The summed E-state index contributed by atoms with van der Waals surface area (Å²) < 4.78 is 39.3. The lowest BCUT2D eigenvalue weighted by atomic mass is 9.54. The van der Waals surface area contributed by atoms with Gasteiger partial charge in [-0.3, -0.25) is 24.2 Å². The fraction of sp³-hybridized carbons (Fsp3) is 0.552. The third-order valence-electron chi connectivity index (χ3n) is 9.66. The molecule has 7 N–H and O–H groups in total. The zero-order valence-electron chi connectivity index (χ0n) is 23.7. The fourth-order valence-corrected chi connectivity index (χ4v) is 7.45. The number of phenolic OH excluding ortho intramolecular Hbond substituents is 1. The lowest BCUT2D eigenvalue weighted by Gasteiger charge is -2.53. The minimum absolute atomic E-state index is 0.0603. The molecule has 1 saturated heterocycles. The van der Waals surface area contributed by atoms with Gasteiger partial charge in [-0.05, 0) is 51.5 Å². The third-order valence-corrected chi connectivity index (χ3v) is 9.66. The number of benzene rings is 1. The molecule has 1 amide bonds. The van der Waals surface area contributed by atoms with Gasteiger partial charge in [0, 0.05) is 23.6 Å². The number of hydrogen-bond acceptors (Lipinski definition) is 10. The zero-order valence-corrected chi connectivity index (χ0v) is 23.7. The molecule has 1 heterocycles. The van der Waals surface area contributed by atoms with Crippen molar-refractivity contribution in [1.82, 2.24) is 9.80 Å². The second-order valence-corrected chi connectivity index (χ2v) is 12.2. The monoisotopic (exact) mass is 609 g/mol. The number of carbonyl (C=O) groups is 3. The summed E-state index contributed by atoms with van der Waals surface area (Å²) in [5, 5.41) is 57.1. The van der Waals surface area contributed by atoms with Crippen LogP contribution in [0.2, 0.25) is 0 Å². The number of halogens is 3. The first-order valence-corrected chi connectivity index (χ1v) is 13.9. The highest BCUT2D eigenvalue weighted by molar-refractivity contribution is 6.24. The molecule has 11 nitrogen and oxygen atoms in total. The number of alkyl halides is 3. The van der Waals surface area contributed by atoms with Crippen molar-refractivity contribution in [2.24, 2.45) is 23.5 Å². The molecule has 0 bridgehead atoms. The highest BCUT2D eigenvalue weighted by Crippen LogP contribution is 2.56. The molecule has 2 unspecified atom stereocenters. The van der Waals surface area contributed by atoms with Crippen LogP contribution in [0.25, 0.3) is 5.76 Å². The molecule has 0 spiro atoms. The van der Waals surface area contributed by atoms with Gasteiger partial charge in [-0.2, -0.15) is 13.2 Å². The van der Waals surface area contributed by atoms with Crippen LogP contribution < -0.4 is 5.73 Å². The molecular formula is C29H34F3N3O8. The molecule has 4 aliphatic rings. The number of fused-ring (bicyclic) bond motifs is 3. The molecule has 0 aromatic heterocycles. The van der Waals surface area contributed by atoms with Gasteiger partial charge in [-0.25, -0.2) is 0 Å². The number of likely N-dealkylation sites (N-methyl/N-ethyl adjacent to an activating group) is 1. The Morgan fingerprint density at radius 3 is 2.28 bits per heavy atom. The van der Waals surface area contributed by atoms with Gasteiger partial charge in [0.2, 0.25) is 5.78 Å². The topological polar surface area (TPSA) is 185 Å². The van der Waals surface area contributed by atoms with Gasteiger partial charge < -0.3 is 31.3 Å². The molecule has 3 aliphatic carbocycles. The van der Waals surface area contributed by atoms with Gasteiger partial charge in [0.25, 0.3) is 5.91 Å². The molecule has 1 aromatic rings. The Labute approximate surface area is 244 Å². The number of aliphatic hydroxyl groups is 4. The predicted molar refractivity (Wildman–Crippen MR) is 144 cm³/mol. The van der Waals surface area contributed by atoms with Crippen molar-refractivity contribution in [1.29, 1.82) is 0 Å². The maximum absolute atomic E-state index is 14.1. The number of aliphatic hydroxyl groups excluding tert-OH is 3. The molecule has 2 fully saturated rings. The van der Waals surface area contributed by atoms with Crippen molar-refractivity contribution in [3.05, 3.63) is 45.7 Å². The maximum atomic E-state index is 14.1. The Morgan fingerprint density at radius 1 is 1.14 bits per heavy atom. The quantitative estimate of drug-likeness (QED) is 0.272. The number of nitrogens with zero attached hydrogens (tertiary/aromatic N) is 2. The van der Waals surface area contributed by atoms with Gasteiger partial charge in [0.15, 0.2) is 11.4 Å². The van der Waals surface area contributed by atoms with Crippen LogP contribution >= 0.6 is 0 Å². The average molecular weight is 610 g/mol. The van der Waals surface area contributed by atoms with Crippen molar-refractivity contribution in [2.45, 2.75) is 56.2 Å². The average Bonchev–Trinajstić information content (AvgIpc) is 2.91. The number of ketones is 2. The lowest BCUT2D eigenvalue weighted by molar-refractivity contribution is -0.185. The molecule has 1 aromatic carbocycles. The van der Waals surface area contributed by atoms with E-state index in [1.54, 1.807) is 24.0 Å². The van der Waals surface area contributed by atoms with Crippen molar-refractivity contribution in [2.75, 3.05) is 27.2 Å². The molecule has 14 heteroatoms. The van der Waals surface area contributed by atoms with Crippen molar-refractivity contribution in [3.63, 3.8) is 0 Å². The molecule has 43 heavy (non-hydrogen) atoms. The van der Waals surface area contributed by atoms with Crippen LogP contribution in [-0.4, -0.2) is 104 Å². The van der Waals surface area contributed by atoms with Gasteiger partial charge in [-0.15, -0.1) is 0 Å². The lowest BCUT2D eigenvalue weighted by Crippen LogP contribution is -2.70. The normalized spacial score (nSPS) is 32.2. The van der Waals surface area contributed by atoms with Crippen LogP contribution in [0.3, 0.4) is 0 Å². The van der Waals surface area contributed by atoms with E-state index in [1.807, 2.05) is 0 Å². The number of rotatable bonds is 4. The summed E-state index contributed by atoms with van der Waals surface area (Å²) in [6, 6.07) is 1.70. The first-order valence-electron chi connectivity index (χ1n) is 13.9. The van der Waals surface area contributed by atoms with E-state index in [1.165, 1.54) is 19.0 Å². The summed E-state index contributed by atoms with van der Waals surface area (Å²) in [6.45, 7) is 1.94. The van der Waals surface area contributed by atoms with Gasteiger partial charge in [0.1, 0.15) is 22.8 Å². The number of phenols is 1. The Bertz CT molecular complexity index is 1460. The van der Waals surface area contributed by atoms with Gasteiger partial charge in [0.05, 0.1) is 29.5 Å². The first-order chi connectivity index (χ1) is 19.9. The van der Waals surface area contributed by atoms with Crippen molar-refractivity contribution < 1.29 is 53.1 Å². The summed E-state index contributed by atoms with van der Waals surface area (Å²) in [6.07, 6.45) is -6.19. The van der Waals surface area contributed by atoms with E-state index in [0.29, 0.717) is 5.56 Å². The predicted octanol–water partition coefficient (Wildman–Crippen LogP) is 1.27. The zero-order chi connectivity index (χ0) is 31.9. The Morgan fingerprint density at radius 2 is 1.74 bits per heavy atom. The number of primary amides is 1. The van der Waals surface area contributed by atoms with Crippen LogP contribution in [0, 0.1) is 17.8 Å². The van der Waals surface area contributed by atoms with Crippen LogP contribution in [0.4, 0.5) is 13.2 Å². The van der Waals surface area contributed by atoms with E-state index in [-0.39, 0.29) is 43.6 Å². The first kappa shape index (κ1) is 31.0. The fourth-order valence-electron chi connectivity index (χ4n) is 7.45. The second kappa shape index (κ2) is 10.3. The largest absolute Gasteiger partial charge is 0.508 e. The minimum atomic E-state index is -4.29. The number of likely N-dealkylation sites (tertiary alicyclic amines) is 1. The highest BCUT2D eigenvalue weighted by Gasteiger charge is 2.68. The highest BCUT2D eigenvalue weighted by atomic mass is 19.4. The van der Waals surface area contributed by atoms with E-state index in [9.17, 15) is 53.1 Å². The number of nitrogens with two attached hydrogens (primary N) is 1. The van der Waals surface area contributed by atoms with E-state index >= 15 is 0 Å². The maximum Gasteiger partial charge on any atom is 0.391 e. The van der Waals surface area contributed by atoms with E-state index in [0.717, 1.165) is 0 Å². The summed E-state index contributed by atoms with van der Waals surface area (Å²) >= 11 is 0. The third kappa shape index (κ3) is 4.45. The number of piperidine rings is 1. The molecule has 6 atom stereocenters. The Kier molecular flexibility index (Phi) is 7.44. The summed E-state index contributed by atoms with van der Waals surface area (Å²) in [4.78, 5) is 42.5. The van der Waals surface area contributed by atoms with Crippen LogP contribution in [0.1, 0.15) is 42.4 Å². The standard InChI is InChI=1S/C29H34F3N3O8/c1-11-14-5-4-12(10-35-8-6-13(7-9-35)29(30,31)32)21(36)16(14)22(37)17-15(11)23(38)19-20(34(2)3)24(39)18(27(33)42)26(41)28(19,43)25(17)40/h4-5,11,13,15,19-20,23,36-38,41,43H,6-10H2,1-3H3,(H2,33,42)/t11-,15?,19?,20-,23-,28-/m0/s1. The summed E-state index contributed by atoms with van der Waals surface area (Å²) in [5.74, 6) is -11.2. The summed E-state index contributed by atoms with van der Waals surface area (Å²) in [7, 11) is 2.85. The Balaban J connectivity index is 1.59. The Hall–Kier alpha value is -3.46. The van der Waals surface area contributed by atoms with E-state index < -0.39 is 93.5 Å². The molecule has 1 saturated carbocycles. The van der Waals surface area contributed by atoms with Crippen LogP contribution in [-0.2, 0) is 20.9 Å². The molecule has 0 radical (unpaired) electrons. The van der Waals surface area contributed by atoms with Crippen LogP contribution in [0.15, 0.2) is 29.0 Å². The van der Waals surface area contributed by atoms with Gasteiger partial charge in [-0.1, -0.05) is 19.1 Å². The molecule has 234 valence electrons. The molecule has 1 aliphatic heterocycles.